The number of carbonyl (C=O) groups excluding carboxylic acids is 1. The maximum absolute atomic E-state index is 11.9. The lowest BCUT2D eigenvalue weighted by molar-refractivity contribution is 0.0884. The molecule has 1 aromatic heterocycles. The van der Waals surface area contributed by atoms with Crippen molar-refractivity contribution in [3.63, 3.8) is 0 Å². The predicted molar refractivity (Wildman–Crippen MR) is 58.3 cm³/mol. The van der Waals surface area contributed by atoms with E-state index in [0.717, 1.165) is 6.42 Å². The number of nitrogens with zero attached hydrogens (tertiary/aromatic N) is 2. The second-order valence-corrected chi connectivity index (χ2v) is 4.44. The van der Waals surface area contributed by atoms with Crippen LogP contribution in [0.3, 0.4) is 0 Å². The van der Waals surface area contributed by atoms with Gasteiger partial charge in [0, 0.05) is 12.8 Å². The molecule has 16 heavy (non-hydrogen) atoms. The number of ether oxygens (including phenoxy) is 1. The van der Waals surface area contributed by atoms with Gasteiger partial charge in [0.2, 0.25) is 0 Å². The molecule has 1 amide bonds. The van der Waals surface area contributed by atoms with Crippen LogP contribution in [0.5, 0.6) is 0 Å². The molecule has 1 aliphatic heterocycles. The fourth-order valence-electron chi connectivity index (χ4n) is 1.58. The molecule has 2 rings (SSSR count). The Morgan fingerprint density at radius 1 is 1.69 bits per heavy atom. The van der Waals surface area contributed by atoms with Crippen LogP contribution in [0.2, 0.25) is 5.02 Å². The molecule has 2 heterocycles. The number of nitrogens with one attached hydrogen (secondary N) is 1. The summed E-state index contributed by atoms with van der Waals surface area (Å²) in [4.78, 5) is 19.5. The lowest BCUT2D eigenvalue weighted by Gasteiger charge is -2.23. The lowest BCUT2D eigenvalue weighted by atomic mass is 10.0. The third-order valence-corrected chi connectivity index (χ3v) is 2.79. The Morgan fingerprint density at radius 3 is 3.12 bits per heavy atom. The standard InChI is InChI=1S/C10H12ClN3O2/c1-10(2-3-16-5-10)14-9(15)8-7(11)4-12-6-13-8/h4,6H,2-3,5H2,1H3,(H,14,15). The van der Waals surface area contributed by atoms with Gasteiger partial charge in [0.15, 0.2) is 0 Å². The zero-order valence-electron chi connectivity index (χ0n) is 8.86. The van der Waals surface area contributed by atoms with Gasteiger partial charge in [-0.05, 0) is 13.3 Å². The van der Waals surface area contributed by atoms with E-state index >= 15 is 0 Å². The van der Waals surface area contributed by atoms with Crippen LogP contribution >= 0.6 is 11.6 Å². The third kappa shape index (κ3) is 2.31. The van der Waals surface area contributed by atoms with Gasteiger partial charge in [0.05, 0.1) is 17.2 Å². The molecule has 1 aromatic rings. The summed E-state index contributed by atoms with van der Waals surface area (Å²) in [5, 5.41) is 3.13. The molecule has 0 aliphatic carbocycles. The van der Waals surface area contributed by atoms with Crippen LogP contribution in [0.1, 0.15) is 23.8 Å². The molecule has 1 atom stereocenters. The van der Waals surface area contributed by atoms with Crippen molar-refractivity contribution in [1.82, 2.24) is 15.3 Å². The number of hydrogen-bond acceptors (Lipinski definition) is 4. The zero-order valence-corrected chi connectivity index (χ0v) is 9.62. The highest BCUT2D eigenvalue weighted by Crippen LogP contribution is 2.19. The van der Waals surface area contributed by atoms with Crippen molar-refractivity contribution in [2.24, 2.45) is 0 Å². The van der Waals surface area contributed by atoms with E-state index in [0.29, 0.717) is 13.2 Å². The fourth-order valence-corrected chi connectivity index (χ4v) is 1.77. The van der Waals surface area contributed by atoms with E-state index in [4.69, 9.17) is 16.3 Å². The van der Waals surface area contributed by atoms with Crippen molar-refractivity contribution in [3.8, 4) is 0 Å². The Hall–Kier alpha value is -1.20. The lowest BCUT2D eigenvalue weighted by Crippen LogP contribution is -2.46. The van der Waals surface area contributed by atoms with Crippen LogP contribution in [0, 0.1) is 0 Å². The first-order chi connectivity index (χ1) is 7.61. The largest absolute Gasteiger partial charge is 0.379 e. The second-order valence-electron chi connectivity index (χ2n) is 4.04. The number of aromatic nitrogens is 2. The van der Waals surface area contributed by atoms with Gasteiger partial charge < -0.3 is 10.1 Å². The first-order valence-corrected chi connectivity index (χ1v) is 5.34. The highest BCUT2D eigenvalue weighted by molar-refractivity contribution is 6.33. The SMILES string of the molecule is CC1(NC(=O)c2ncncc2Cl)CCOC1. The molecule has 1 N–H and O–H groups in total. The van der Waals surface area contributed by atoms with Crippen molar-refractivity contribution in [2.45, 2.75) is 18.9 Å². The predicted octanol–water partition coefficient (Wildman–Crippen LogP) is 1.04. The van der Waals surface area contributed by atoms with E-state index in [2.05, 4.69) is 15.3 Å². The topological polar surface area (TPSA) is 64.1 Å². The summed E-state index contributed by atoms with van der Waals surface area (Å²) in [6.07, 6.45) is 3.49. The number of amides is 1. The highest BCUT2D eigenvalue weighted by Gasteiger charge is 2.32. The molecule has 6 heteroatoms. The van der Waals surface area contributed by atoms with Crippen molar-refractivity contribution in [3.05, 3.63) is 23.2 Å². The smallest absolute Gasteiger partial charge is 0.272 e. The summed E-state index contributed by atoms with van der Waals surface area (Å²) in [5.41, 5.74) is -0.129. The Morgan fingerprint density at radius 2 is 2.50 bits per heavy atom. The van der Waals surface area contributed by atoms with Gasteiger partial charge >= 0.3 is 0 Å². The quantitative estimate of drug-likeness (QED) is 0.840. The van der Waals surface area contributed by atoms with Crippen LogP contribution in [-0.2, 0) is 4.74 Å². The molecule has 0 radical (unpaired) electrons. The fraction of sp³-hybridized carbons (Fsp3) is 0.500. The minimum atomic E-state index is -0.328. The van der Waals surface area contributed by atoms with Crippen molar-refractivity contribution < 1.29 is 9.53 Å². The maximum Gasteiger partial charge on any atom is 0.272 e. The van der Waals surface area contributed by atoms with E-state index in [1.165, 1.54) is 12.5 Å². The van der Waals surface area contributed by atoms with Crippen molar-refractivity contribution >= 4 is 17.5 Å². The molecule has 0 bridgehead atoms. The Balaban J connectivity index is 2.11. The van der Waals surface area contributed by atoms with Gasteiger partial charge in [-0.1, -0.05) is 11.6 Å². The number of rotatable bonds is 2. The molecule has 1 saturated heterocycles. The number of halogens is 1. The van der Waals surface area contributed by atoms with E-state index in [-0.39, 0.29) is 22.2 Å². The minimum Gasteiger partial charge on any atom is -0.379 e. The Kier molecular flexibility index (Phi) is 3.07. The second kappa shape index (κ2) is 4.35. The number of hydrogen-bond donors (Lipinski definition) is 1. The molecule has 5 nitrogen and oxygen atoms in total. The maximum atomic E-state index is 11.9. The Labute approximate surface area is 98.2 Å². The third-order valence-electron chi connectivity index (χ3n) is 2.52. The van der Waals surface area contributed by atoms with Crippen LogP contribution < -0.4 is 5.32 Å². The summed E-state index contributed by atoms with van der Waals surface area (Å²) in [5.74, 6) is -0.291. The summed E-state index contributed by atoms with van der Waals surface area (Å²) in [6.45, 7) is 3.11. The first-order valence-electron chi connectivity index (χ1n) is 4.96. The summed E-state index contributed by atoms with van der Waals surface area (Å²) < 4.78 is 5.25. The first kappa shape index (κ1) is 11.3. The van der Waals surface area contributed by atoms with Crippen LogP contribution in [0.15, 0.2) is 12.5 Å². The van der Waals surface area contributed by atoms with Crippen LogP contribution in [-0.4, -0.2) is 34.6 Å². The molecular formula is C10H12ClN3O2. The van der Waals surface area contributed by atoms with Crippen LogP contribution in [0.25, 0.3) is 0 Å². The summed E-state index contributed by atoms with van der Waals surface area (Å²) in [6, 6.07) is 0. The van der Waals surface area contributed by atoms with Gasteiger partial charge in [-0.3, -0.25) is 4.79 Å². The minimum absolute atomic E-state index is 0.199. The molecule has 86 valence electrons. The van der Waals surface area contributed by atoms with E-state index in [9.17, 15) is 4.79 Å². The van der Waals surface area contributed by atoms with Gasteiger partial charge in [0.25, 0.3) is 5.91 Å². The van der Waals surface area contributed by atoms with Crippen molar-refractivity contribution in [2.75, 3.05) is 13.2 Å². The number of carbonyl (C=O) groups is 1. The highest BCUT2D eigenvalue weighted by atomic mass is 35.5. The molecule has 0 aromatic carbocycles. The van der Waals surface area contributed by atoms with Crippen molar-refractivity contribution in [1.29, 1.82) is 0 Å². The average Bonchev–Trinajstić information content (AvgIpc) is 2.65. The average molecular weight is 242 g/mol. The van der Waals surface area contributed by atoms with Gasteiger partial charge in [0.1, 0.15) is 12.0 Å². The normalized spacial score (nSPS) is 24.4. The summed E-state index contributed by atoms with van der Waals surface area (Å²) >= 11 is 5.83. The molecule has 1 aliphatic rings. The Bertz CT molecular complexity index is 405. The zero-order chi connectivity index (χ0) is 11.6. The van der Waals surface area contributed by atoms with Gasteiger partial charge in [-0.2, -0.15) is 0 Å². The monoisotopic (exact) mass is 241 g/mol. The van der Waals surface area contributed by atoms with Crippen LogP contribution in [0.4, 0.5) is 0 Å². The van der Waals surface area contributed by atoms with E-state index in [1.807, 2.05) is 6.92 Å². The summed E-state index contributed by atoms with van der Waals surface area (Å²) in [7, 11) is 0. The molecule has 1 unspecified atom stereocenters. The van der Waals surface area contributed by atoms with Gasteiger partial charge in [-0.25, -0.2) is 9.97 Å². The van der Waals surface area contributed by atoms with E-state index < -0.39 is 0 Å². The molecule has 1 fully saturated rings. The molecular weight excluding hydrogens is 230 g/mol. The molecule has 0 spiro atoms. The molecule has 0 saturated carbocycles. The van der Waals surface area contributed by atoms with E-state index in [1.54, 1.807) is 0 Å². The van der Waals surface area contributed by atoms with Gasteiger partial charge in [-0.15, -0.1) is 0 Å².